The van der Waals surface area contributed by atoms with Gasteiger partial charge in [-0.25, -0.2) is 0 Å². The number of fused-ring (bicyclic) bond motifs is 3. The maximum atomic E-state index is 12.5. The van der Waals surface area contributed by atoms with Crippen molar-refractivity contribution in [3.05, 3.63) is 77.5 Å². The van der Waals surface area contributed by atoms with Crippen LogP contribution in [0.15, 0.2) is 60.7 Å². The quantitative estimate of drug-likeness (QED) is 0.719. The van der Waals surface area contributed by atoms with E-state index in [1.165, 1.54) is 16.6 Å². The highest BCUT2D eigenvalue weighted by molar-refractivity contribution is 5.93. The van der Waals surface area contributed by atoms with Crippen molar-refractivity contribution in [2.45, 2.75) is 13.0 Å². The number of hydrogen-bond acceptors (Lipinski definition) is 1. The normalized spacial score (nSPS) is 14.3. The van der Waals surface area contributed by atoms with E-state index in [9.17, 15) is 4.79 Å². The predicted molar refractivity (Wildman–Crippen MR) is 92.9 cm³/mol. The topological polar surface area (TPSA) is 36.1 Å². The highest BCUT2D eigenvalue weighted by atomic mass is 16.2. The van der Waals surface area contributed by atoms with Crippen molar-refractivity contribution in [1.29, 1.82) is 0 Å². The zero-order valence-corrected chi connectivity index (χ0v) is 12.8. The minimum atomic E-state index is 0.0739. The zero-order chi connectivity index (χ0) is 15.6. The molecule has 1 N–H and O–H groups in total. The number of aromatic nitrogens is 1. The number of para-hydroxylation sites is 1. The molecule has 0 saturated carbocycles. The average Bonchev–Trinajstić information content (AvgIpc) is 2.98. The Morgan fingerprint density at radius 3 is 2.70 bits per heavy atom. The fourth-order valence-corrected chi connectivity index (χ4v) is 3.19. The summed E-state index contributed by atoms with van der Waals surface area (Å²) < 4.78 is 0. The van der Waals surface area contributed by atoms with Gasteiger partial charge in [-0.15, -0.1) is 0 Å². The lowest BCUT2D eigenvalue weighted by atomic mass is 10.0. The molecule has 4 rings (SSSR count). The Hall–Kier alpha value is -2.81. The third kappa shape index (κ3) is 2.66. The lowest BCUT2D eigenvalue weighted by Crippen LogP contribution is -2.34. The van der Waals surface area contributed by atoms with Crippen LogP contribution in [0.5, 0.6) is 0 Å². The molecular formula is C20H18N2O. The number of aromatic amines is 1. The molecule has 2 heterocycles. The van der Waals surface area contributed by atoms with Crippen molar-refractivity contribution < 1.29 is 4.79 Å². The zero-order valence-electron chi connectivity index (χ0n) is 12.8. The lowest BCUT2D eigenvalue weighted by Gasteiger charge is -2.26. The first-order valence-electron chi connectivity index (χ1n) is 7.92. The second-order valence-corrected chi connectivity index (χ2v) is 5.88. The van der Waals surface area contributed by atoms with Gasteiger partial charge >= 0.3 is 0 Å². The standard InChI is InChI=1S/C20H18N2O/c23-20(11-10-15-6-2-1-3-7-15)22-13-12-19-17(14-22)16-8-4-5-9-18(16)21-19/h1-11,21H,12-14H2. The molecule has 0 radical (unpaired) electrons. The van der Waals surface area contributed by atoms with E-state index in [4.69, 9.17) is 0 Å². The molecule has 0 unspecified atom stereocenters. The molecule has 0 atom stereocenters. The van der Waals surface area contributed by atoms with Crippen LogP contribution in [0, 0.1) is 0 Å². The molecule has 0 aliphatic carbocycles. The predicted octanol–water partition coefficient (Wildman–Crippen LogP) is 3.77. The van der Waals surface area contributed by atoms with Gasteiger partial charge in [0.1, 0.15) is 0 Å². The number of nitrogens with zero attached hydrogens (tertiary/aromatic N) is 1. The Morgan fingerprint density at radius 2 is 1.83 bits per heavy atom. The Kier molecular flexibility index (Phi) is 3.46. The summed E-state index contributed by atoms with van der Waals surface area (Å²) in [4.78, 5) is 17.9. The van der Waals surface area contributed by atoms with Crippen LogP contribution >= 0.6 is 0 Å². The Morgan fingerprint density at radius 1 is 1.04 bits per heavy atom. The van der Waals surface area contributed by atoms with Gasteiger partial charge in [-0.2, -0.15) is 0 Å². The number of H-pyrrole nitrogens is 1. The van der Waals surface area contributed by atoms with E-state index in [2.05, 4.69) is 17.1 Å². The fraction of sp³-hybridized carbons (Fsp3) is 0.150. The summed E-state index contributed by atoms with van der Waals surface area (Å²) in [6, 6.07) is 18.2. The summed E-state index contributed by atoms with van der Waals surface area (Å²) in [5.41, 5.74) is 4.73. The minimum Gasteiger partial charge on any atom is -0.358 e. The summed E-state index contributed by atoms with van der Waals surface area (Å²) in [6.45, 7) is 1.44. The van der Waals surface area contributed by atoms with Gasteiger partial charge in [-0.05, 0) is 17.7 Å². The number of carbonyl (C=O) groups excluding carboxylic acids is 1. The highest BCUT2D eigenvalue weighted by Crippen LogP contribution is 2.27. The number of amides is 1. The molecule has 114 valence electrons. The van der Waals surface area contributed by atoms with E-state index < -0.39 is 0 Å². The van der Waals surface area contributed by atoms with Crippen molar-refractivity contribution in [2.75, 3.05) is 6.54 Å². The van der Waals surface area contributed by atoms with Gasteiger partial charge in [0.15, 0.2) is 0 Å². The van der Waals surface area contributed by atoms with Gasteiger partial charge in [0.05, 0.1) is 0 Å². The molecule has 1 aliphatic heterocycles. The molecule has 0 saturated heterocycles. The number of nitrogens with one attached hydrogen (secondary N) is 1. The van der Waals surface area contributed by atoms with E-state index in [-0.39, 0.29) is 5.91 Å². The third-order valence-electron chi connectivity index (χ3n) is 4.41. The van der Waals surface area contributed by atoms with Crippen molar-refractivity contribution >= 4 is 22.9 Å². The smallest absolute Gasteiger partial charge is 0.246 e. The molecule has 23 heavy (non-hydrogen) atoms. The molecule has 2 aromatic carbocycles. The first kappa shape index (κ1) is 13.8. The molecular weight excluding hydrogens is 284 g/mol. The van der Waals surface area contributed by atoms with Crippen LogP contribution in [-0.4, -0.2) is 22.3 Å². The van der Waals surface area contributed by atoms with Crippen molar-refractivity contribution in [3.8, 4) is 0 Å². The third-order valence-corrected chi connectivity index (χ3v) is 4.41. The van der Waals surface area contributed by atoms with Crippen LogP contribution in [0.25, 0.3) is 17.0 Å². The maximum Gasteiger partial charge on any atom is 0.246 e. The van der Waals surface area contributed by atoms with Crippen LogP contribution < -0.4 is 0 Å². The van der Waals surface area contributed by atoms with Gasteiger partial charge in [0.2, 0.25) is 5.91 Å². The van der Waals surface area contributed by atoms with E-state index in [1.54, 1.807) is 6.08 Å². The summed E-state index contributed by atoms with van der Waals surface area (Å²) in [6.07, 6.45) is 4.44. The molecule has 0 spiro atoms. The fourth-order valence-electron chi connectivity index (χ4n) is 3.19. The number of benzene rings is 2. The second kappa shape index (κ2) is 5.76. The largest absolute Gasteiger partial charge is 0.358 e. The van der Waals surface area contributed by atoms with Crippen LogP contribution in [0.3, 0.4) is 0 Å². The Bertz CT molecular complexity index is 877. The molecule has 1 aromatic heterocycles. The number of rotatable bonds is 2. The molecule has 3 aromatic rings. The summed E-state index contributed by atoms with van der Waals surface area (Å²) in [7, 11) is 0. The van der Waals surface area contributed by atoms with Gasteiger partial charge in [0.25, 0.3) is 0 Å². The van der Waals surface area contributed by atoms with E-state index in [0.717, 1.165) is 24.0 Å². The molecule has 1 amide bonds. The molecule has 3 nitrogen and oxygen atoms in total. The van der Waals surface area contributed by atoms with Gasteiger partial charge in [-0.1, -0.05) is 48.5 Å². The summed E-state index contributed by atoms with van der Waals surface area (Å²) in [5, 5.41) is 1.23. The molecule has 0 fully saturated rings. The average molecular weight is 302 g/mol. The number of hydrogen-bond donors (Lipinski definition) is 1. The van der Waals surface area contributed by atoms with Gasteiger partial charge < -0.3 is 9.88 Å². The monoisotopic (exact) mass is 302 g/mol. The SMILES string of the molecule is O=C(C=Cc1ccccc1)N1CCc2[nH]c3ccccc3c2C1. The Labute approximate surface area is 135 Å². The first-order chi connectivity index (χ1) is 11.3. The van der Waals surface area contributed by atoms with E-state index in [1.807, 2.05) is 53.4 Å². The van der Waals surface area contributed by atoms with Crippen molar-refractivity contribution in [3.63, 3.8) is 0 Å². The first-order valence-corrected chi connectivity index (χ1v) is 7.92. The van der Waals surface area contributed by atoms with Crippen LogP contribution in [0.1, 0.15) is 16.8 Å². The molecule has 0 bridgehead atoms. The van der Waals surface area contributed by atoms with E-state index in [0.29, 0.717) is 6.54 Å². The minimum absolute atomic E-state index is 0.0739. The second-order valence-electron chi connectivity index (χ2n) is 5.88. The maximum absolute atomic E-state index is 12.5. The van der Waals surface area contributed by atoms with Crippen LogP contribution in [0.4, 0.5) is 0 Å². The highest BCUT2D eigenvalue weighted by Gasteiger charge is 2.22. The molecule has 1 aliphatic rings. The summed E-state index contributed by atoms with van der Waals surface area (Å²) in [5.74, 6) is 0.0739. The lowest BCUT2D eigenvalue weighted by molar-refractivity contribution is -0.126. The Balaban J connectivity index is 1.55. The molecule has 3 heteroatoms. The van der Waals surface area contributed by atoms with Crippen LogP contribution in [0.2, 0.25) is 0 Å². The summed E-state index contributed by atoms with van der Waals surface area (Å²) >= 11 is 0. The van der Waals surface area contributed by atoms with Gasteiger partial charge in [-0.3, -0.25) is 4.79 Å². The van der Waals surface area contributed by atoms with Crippen LogP contribution in [-0.2, 0) is 17.8 Å². The van der Waals surface area contributed by atoms with E-state index >= 15 is 0 Å². The van der Waals surface area contributed by atoms with Crippen molar-refractivity contribution in [2.24, 2.45) is 0 Å². The number of carbonyl (C=O) groups is 1. The van der Waals surface area contributed by atoms with Crippen molar-refractivity contribution in [1.82, 2.24) is 9.88 Å². The van der Waals surface area contributed by atoms with Gasteiger partial charge in [0, 0.05) is 47.7 Å².